The number of aryl methyl sites for hydroxylation is 1. The van der Waals surface area contributed by atoms with Crippen molar-refractivity contribution in [1.29, 1.82) is 0 Å². The molecule has 0 saturated carbocycles. The molecule has 0 radical (unpaired) electrons. The van der Waals surface area contributed by atoms with Gasteiger partial charge in [0.15, 0.2) is 0 Å². The molecular formula is C18H21N3O2. The highest BCUT2D eigenvalue weighted by atomic mass is 16.3. The Hall–Kier alpha value is -2.56. The van der Waals surface area contributed by atoms with E-state index < -0.39 is 0 Å². The number of amides is 1. The maximum atomic E-state index is 12.5. The van der Waals surface area contributed by atoms with Gasteiger partial charge in [-0.15, -0.1) is 0 Å². The van der Waals surface area contributed by atoms with Crippen LogP contribution in [0.4, 0.5) is 5.69 Å². The maximum absolute atomic E-state index is 12.5. The molecule has 1 aliphatic rings. The zero-order valence-corrected chi connectivity index (χ0v) is 13.5. The fourth-order valence-electron chi connectivity index (χ4n) is 2.97. The van der Waals surface area contributed by atoms with Gasteiger partial charge in [0, 0.05) is 38.1 Å². The first-order chi connectivity index (χ1) is 11.1. The lowest BCUT2D eigenvalue weighted by molar-refractivity contribution is 0.0743. The summed E-state index contributed by atoms with van der Waals surface area (Å²) in [5, 5.41) is 9.79. The van der Waals surface area contributed by atoms with Crippen LogP contribution in [-0.4, -0.2) is 47.1 Å². The summed E-state index contributed by atoms with van der Waals surface area (Å²) in [4.78, 5) is 20.4. The predicted molar refractivity (Wildman–Crippen MR) is 89.9 cm³/mol. The van der Waals surface area contributed by atoms with E-state index in [9.17, 15) is 9.90 Å². The standard InChI is InChI=1S/C18H21N3O2/c1-13-4-3-5-16(14(13)2)20-8-10-21(11-9-20)18(23)15-6-7-19-12-17(15)22/h3-7,12,22H,8-11H2,1-2H3. The molecule has 1 aromatic carbocycles. The number of carbonyl (C=O) groups excluding carboxylic acids is 1. The van der Waals surface area contributed by atoms with Crippen LogP contribution in [0.1, 0.15) is 21.5 Å². The first kappa shape index (κ1) is 15.3. The fourth-order valence-corrected chi connectivity index (χ4v) is 2.97. The lowest BCUT2D eigenvalue weighted by Crippen LogP contribution is -2.49. The number of piperazine rings is 1. The molecule has 5 heteroatoms. The molecule has 0 aliphatic carbocycles. The molecule has 0 unspecified atom stereocenters. The number of rotatable bonds is 2. The molecule has 0 spiro atoms. The van der Waals surface area contributed by atoms with Gasteiger partial charge in [0.1, 0.15) is 5.75 Å². The van der Waals surface area contributed by atoms with Crippen molar-refractivity contribution in [3.8, 4) is 5.75 Å². The lowest BCUT2D eigenvalue weighted by atomic mass is 10.1. The SMILES string of the molecule is Cc1cccc(N2CCN(C(=O)c3ccncc3O)CC2)c1C. The molecule has 0 atom stereocenters. The van der Waals surface area contributed by atoms with Gasteiger partial charge in [0.25, 0.3) is 5.91 Å². The number of aromatic hydroxyl groups is 1. The monoisotopic (exact) mass is 311 g/mol. The largest absolute Gasteiger partial charge is 0.505 e. The van der Waals surface area contributed by atoms with Gasteiger partial charge in [-0.2, -0.15) is 0 Å². The molecule has 23 heavy (non-hydrogen) atoms. The molecule has 1 amide bonds. The predicted octanol–water partition coefficient (Wildman–Crippen LogP) is 2.37. The number of pyridine rings is 1. The van der Waals surface area contributed by atoms with Crippen molar-refractivity contribution in [3.63, 3.8) is 0 Å². The summed E-state index contributed by atoms with van der Waals surface area (Å²) in [6, 6.07) is 7.89. The van der Waals surface area contributed by atoms with Gasteiger partial charge in [0.2, 0.25) is 0 Å². The fraction of sp³-hybridized carbons (Fsp3) is 0.333. The van der Waals surface area contributed by atoms with E-state index in [2.05, 4.69) is 41.9 Å². The van der Waals surface area contributed by atoms with Crippen molar-refractivity contribution in [2.75, 3.05) is 31.1 Å². The zero-order valence-electron chi connectivity index (χ0n) is 13.5. The lowest BCUT2D eigenvalue weighted by Gasteiger charge is -2.37. The first-order valence-corrected chi connectivity index (χ1v) is 7.81. The molecule has 1 aliphatic heterocycles. The van der Waals surface area contributed by atoms with Gasteiger partial charge >= 0.3 is 0 Å². The quantitative estimate of drug-likeness (QED) is 0.925. The Morgan fingerprint density at radius 1 is 1.13 bits per heavy atom. The van der Waals surface area contributed by atoms with Crippen LogP contribution in [0.2, 0.25) is 0 Å². The van der Waals surface area contributed by atoms with Crippen molar-refractivity contribution in [2.45, 2.75) is 13.8 Å². The number of aromatic nitrogens is 1. The van der Waals surface area contributed by atoms with Gasteiger partial charge < -0.3 is 14.9 Å². The number of hydrogen-bond donors (Lipinski definition) is 1. The topological polar surface area (TPSA) is 56.7 Å². The van der Waals surface area contributed by atoms with E-state index in [0.29, 0.717) is 18.7 Å². The molecular weight excluding hydrogens is 290 g/mol. The van der Waals surface area contributed by atoms with Gasteiger partial charge in [0.05, 0.1) is 11.8 Å². The Morgan fingerprint density at radius 3 is 2.57 bits per heavy atom. The Kier molecular flexibility index (Phi) is 4.19. The van der Waals surface area contributed by atoms with Gasteiger partial charge in [-0.05, 0) is 37.1 Å². The van der Waals surface area contributed by atoms with E-state index in [0.717, 1.165) is 13.1 Å². The van der Waals surface area contributed by atoms with Crippen molar-refractivity contribution in [2.24, 2.45) is 0 Å². The van der Waals surface area contributed by atoms with E-state index in [4.69, 9.17) is 0 Å². The molecule has 1 aromatic heterocycles. The van der Waals surface area contributed by atoms with E-state index >= 15 is 0 Å². The average Bonchev–Trinajstić information content (AvgIpc) is 2.57. The summed E-state index contributed by atoms with van der Waals surface area (Å²) in [5.74, 6) is -0.194. The highest BCUT2D eigenvalue weighted by Gasteiger charge is 2.24. The number of anilines is 1. The smallest absolute Gasteiger partial charge is 0.257 e. The van der Waals surface area contributed by atoms with Crippen LogP contribution in [0.25, 0.3) is 0 Å². The summed E-state index contributed by atoms with van der Waals surface area (Å²) in [5.41, 5.74) is 4.13. The minimum atomic E-state index is -0.134. The Labute approximate surface area is 136 Å². The second-order valence-corrected chi connectivity index (χ2v) is 5.89. The van der Waals surface area contributed by atoms with Crippen LogP contribution in [0, 0.1) is 13.8 Å². The summed E-state index contributed by atoms with van der Waals surface area (Å²) in [7, 11) is 0. The number of nitrogens with zero attached hydrogens (tertiary/aromatic N) is 3. The van der Waals surface area contributed by atoms with Crippen LogP contribution in [0.15, 0.2) is 36.7 Å². The average molecular weight is 311 g/mol. The second kappa shape index (κ2) is 6.28. The highest BCUT2D eigenvalue weighted by Crippen LogP contribution is 2.24. The molecule has 2 heterocycles. The van der Waals surface area contributed by atoms with Crippen molar-refractivity contribution in [1.82, 2.24) is 9.88 Å². The second-order valence-electron chi connectivity index (χ2n) is 5.89. The highest BCUT2D eigenvalue weighted by molar-refractivity contribution is 5.96. The van der Waals surface area contributed by atoms with Gasteiger partial charge in [-0.3, -0.25) is 9.78 Å². The van der Waals surface area contributed by atoms with E-state index in [1.807, 2.05) is 0 Å². The molecule has 120 valence electrons. The van der Waals surface area contributed by atoms with Crippen LogP contribution in [0.3, 0.4) is 0 Å². The summed E-state index contributed by atoms with van der Waals surface area (Å²) < 4.78 is 0. The molecule has 3 rings (SSSR count). The van der Waals surface area contributed by atoms with E-state index in [1.54, 1.807) is 11.0 Å². The Morgan fingerprint density at radius 2 is 1.87 bits per heavy atom. The molecule has 1 N–H and O–H groups in total. The molecule has 1 saturated heterocycles. The minimum Gasteiger partial charge on any atom is -0.505 e. The zero-order chi connectivity index (χ0) is 16.4. The van der Waals surface area contributed by atoms with Gasteiger partial charge in [-0.1, -0.05) is 12.1 Å². The molecule has 0 bridgehead atoms. The van der Waals surface area contributed by atoms with Gasteiger partial charge in [-0.25, -0.2) is 0 Å². The molecule has 2 aromatic rings. The van der Waals surface area contributed by atoms with E-state index in [-0.39, 0.29) is 11.7 Å². The van der Waals surface area contributed by atoms with Crippen LogP contribution in [-0.2, 0) is 0 Å². The van der Waals surface area contributed by atoms with Crippen LogP contribution in [0.5, 0.6) is 5.75 Å². The third kappa shape index (κ3) is 2.99. The Balaban J connectivity index is 1.70. The van der Waals surface area contributed by atoms with Crippen molar-refractivity contribution >= 4 is 11.6 Å². The van der Waals surface area contributed by atoms with Crippen LogP contribution < -0.4 is 4.90 Å². The third-order valence-corrected chi connectivity index (χ3v) is 4.51. The number of hydrogen-bond acceptors (Lipinski definition) is 4. The number of benzene rings is 1. The molecule has 5 nitrogen and oxygen atoms in total. The minimum absolute atomic E-state index is 0.0607. The Bertz CT molecular complexity index is 722. The van der Waals surface area contributed by atoms with Crippen LogP contribution >= 0.6 is 0 Å². The molecule has 1 fully saturated rings. The van der Waals surface area contributed by atoms with Crippen molar-refractivity contribution < 1.29 is 9.90 Å². The first-order valence-electron chi connectivity index (χ1n) is 7.81. The third-order valence-electron chi connectivity index (χ3n) is 4.51. The normalized spacial score (nSPS) is 14.9. The van der Waals surface area contributed by atoms with Crippen molar-refractivity contribution in [3.05, 3.63) is 53.3 Å². The number of carbonyl (C=O) groups is 1. The van der Waals surface area contributed by atoms with E-state index in [1.165, 1.54) is 29.2 Å². The maximum Gasteiger partial charge on any atom is 0.257 e. The summed E-state index contributed by atoms with van der Waals surface area (Å²) >= 11 is 0. The summed E-state index contributed by atoms with van der Waals surface area (Å²) in [6.45, 7) is 7.13. The summed E-state index contributed by atoms with van der Waals surface area (Å²) in [6.07, 6.45) is 2.83.